The molecule has 2 rings (SSSR count). The average Bonchev–Trinajstić information content (AvgIpc) is 2.36. The van der Waals surface area contributed by atoms with Crippen molar-refractivity contribution in [3.63, 3.8) is 0 Å². The highest BCUT2D eigenvalue weighted by atomic mass is 19.1. The van der Waals surface area contributed by atoms with Crippen LogP contribution in [0, 0.1) is 17.5 Å². The minimum atomic E-state index is -0.765. The Bertz CT molecular complexity index is 572. The highest BCUT2D eigenvalue weighted by Crippen LogP contribution is 2.27. The molecule has 5 heteroatoms. The van der Waals surface area contributed by atoms with Gasteiger partial charge < -0.3 is 10.5 Å². The zero-order valence-electron chi connectivity index (χ0n) is 9.29. The summed E-state index contributed by atoms with van der Waals surface area (Å²) in [7, 11) is 0. The number of benzene rings is 2. The Kier molecular flexibility index (Phi) is 3.53. The molecule has 0 aliphatic heterocycles. The molecular weight excluding hydrogens is 243 g/mol. The van der Waals surface area contributed by atoms with Gasteiger partial charge in [-0.25, -0.2) is 13.2 Å². The molecule has 0 aliphatic carbocycles. The number of hydrogen-bond acceptors (Lipinski definition) is 2. The molecule has 0 spiro atoms. The molecule has 0 bridgehead atoms. The Morgan fingerprint density at radius 3 is 2.33 bits per heavy atom. The van der Waals surface area contributed by atoms with E-state index in [1.807, 2.05) is 0 Å². The lowest BCUT2D eigenvalue weighted by Crippen LogP contribution is -1.98. The van der Waals surface area contributed by atoms with Gasteiger partial charge in [0.05, 0.1) is 0 Å². The molecule has 2 aromatic rings. The Morgan fingerprint density at radius 1 is 0.889 bits per heavy atom. The number of hydrogen-bond donors (Lipinski definition) is 1. The minimum Gasteiger partial charge on any atom is -0.451 e. The molecule has 0 aliphatic rings. The third-order valence-electron chi connectivity index (χ3n) is 2.35. The lowest BCUT2D eigenvalue weighted by molar-refractivity contribution is 0.410. The van der Waals surface area contributed by atoms with Gasteiger partial charge in [0.2, 0.25) is 0 Å². The van der Waals surface area contributed by atoms with Crippen LogP contribution < -0.4 is 10.5 Å². The van der Waals surface area contributed by atoms with Crippen molar-refractivity contribution < 1.29 is 17.9 Å². The Hall–Kier alpha value is -2.01. The summed E-state index contributed by atoms with van der Waals surface area (Å²) in [4.78, 5) is 0. The van der Waals surface area contributed by atoms with Crippen LogP contribution in [0.2, 0.25) is 0 Å². The molecule has 2 aromatic carbocycles. The predicted octanol–water partition coefficient (Wildman–Crippen LogP) is 3.35. The Labute approximate surface area is 102 Å². The molecule has 0 heterocycles. The highest BCUT2D eigenvalue weighted by Gasteiger charge is 2.10. The van der Waals surface area contributed by atoms with Crippen LogP contribution in [-0.4, -0.2) is 0 Å². The minimum absolute atomic E-state index is 0.184. The molecule has 0 fully saturated rings. The number of halogens is 3. The summed E-state index contributed by atoms with van der Waals surface area (Å²) in [5.74, 6) is -2.66. The van der Waals surface area contributed by atoms with E-state index in [2.05, 4.69) is 0 Å². The summed E-state index contributed by atoms with van der Waals surface area (Å²) in [6.45, 7) is 0.186. The molecule has 0 saturated carbocycles. The maximum Gasteiger partial charge on any atom is 0.166 e. The topological polar surface area (TPSA) is 35.2 Å². The maximum atomic E-state index is 13.6. The molecule has 0 unspecified atom stereocenters. The summed E-state index contributed by atoms with van der Waals surface area (Å²) in [5.41, 5.74) is 5.93. The van der Waals surface area contributed by atoms with Crippen LogP contribution in [0.3, 0.4) is 0 Å². The van der Waals surface area contributed by atoms with Gasteiger partial charge in [0, 0.05) is 12.6 Å². The summed E-state index contributed by atoms with van der Waals surface area (Å²) in [5, 5.41) is 0. The Morgan fingerprint density at radius 2 is 1.67 bits per heavy atom. The van der Waals surface area contributed by atoms with Crippen LogP contribution in [0.5, 0.6) is 11.5 Å². The van der Waals surface area contributed by atoms with Gasteiger partial charge in [-0.3, -0.25) is 0 Å². The van der Waals surface area contributed by atoms with Gasteiger partial charge in [-0.05, 0) is 29.8 Å². The van der Waals surface area contributed by atoms with E-state index in [1.165, 1.54) is 12.1 Å². The van der Waals surface area contributed by atoms with Gasteiger partial charge in [-0.1, -0.05) is 6.07 Å². The molecule has 0 amide bonds. The second kappa shape index (κ2) is 5.10. The second-order valence-corrected chi connectivity index (χ2v) is 3.65. The lowest BCUT2D eigenvalue weighted by atomic mass is 10.2. The maximum absolute atomic E-state index is 13.6. The number of ether oxygens (including phenoxy) is 1. The van der Waals surface area contributed by atoms with E-state index in [-0.39, 0.29) is 18.0 Å². The largest absolute Gasteiger partial charge is 0.451 e. The van der Waals surface area contributed by atoms with Crippen molar-refractivity contribution in [3.05, 3.63) is 59.4 Å². The van der Waals surface area contributed by atoms with Crippen molar-refractivity contribution in [1.29, 1.82) is 0 Å². The molecule has 2 N–H and O–H groups in total. The van der Waals surface area contributed by atoms with Crippen molar-refractivity contribution in [2.24, 2.45) is 5.73 Å². The van der Waals surface area contributed by atoms with E-state index < -0.39 is 17.5 Å². The van der Waals surface area contributed by atoms with Crippen LogP contribution in [0.1, 0.15) is 5.56 Å². The van der Waals surface area contributed by atoms with E-state index in [0.29, 0.717) is 5.56 Å². The van der Waals surface area contributed by atoms with Crippen molar-refractivity contribution >= 4 is 0 Å². The quantitative estimate of drug-likeness (QED) is 0.910. The van der Waals surface area contributed by atoms with Crippen molar-refractivity contribution in [3.8, 4) is 11.5 Å². The predicted molar refractivity (Wildman–Crippen MR) is 60.7 cm³/mol. The zero-order chi connectivity index (χ0) is 13.1. The SMILES string of the molecule is NCc1ccc(Oc2cc(F)ccc2F)c(F)c1. The second-order valence-electron chi connectivity index (χ2n) is 3.65. The van der Waals surface area contributed by atoms with Crippen LogP contribution in [0.15, 0.2) is 36.4 Å². The van der Waals surface area contributed by atoms with Gasteiger partial charge in [0.25, 0.3) is 0 Å². The van der Waals surface area contributed by atoms with E-state index in [9.17, 15) is 13.2 Å². The average molecular weight is 253 g/mol. The summed E-state index contributed by atoms with van der Waals surface area (Å²) in [6.07, 6.45) is 0. The third kappa shape index (κ3) is 2.62. The summed E-state index contributed by atoms with van der Waals surface area (Å²) >= 11 is 0. The standard InChI is InChI=1S/C13H10F3NO/c14-9-2-3-10(15)13(6-9)18-12-4-1-8(7-17)5-11(12)16/h1-6H,7,17H2. The van der Waals surface area contributed by atoms with Gasteiger partial charge in [0.15, 0.2) is 23.1 Å². The van der Waals surface area contributed by atoms with Crippen molar-refractivity contribution in [1.82, 2.24) is 0 Å². The lowest BCUT2D eigenvalue weighted by Gasteiger charge is -2.08. The van der Waals surface area contributed by atoms with Gasteiger partial charge in [0.1, 0.15) is 5.82 Å². The first-order chi connectivity index (χ1) is 8.60. The molecule has 0 saturated heterocycles. The molecule has 94 valence electrons. The number of rotatable bonds is 3. The van der Waals surface area contributed by atoms with Gasteiger partial charge >= 0.3 is 0 Å². The molecule has 2 nitrogen and oxygen atoms in total. The molecule has 0 aromatic heterocycles. The van der Waals surface area contributed by atoms with Crippen molar-refractivity contribution in [2.45, 2.75) is 6.54 Å². The first-order valence-electron chi connectivity index (χ1n) is 5.21. The van der Waals surface area contributed by atoms with Crippen LogP contribution in [0.25, 0.3) is 0 Å². The molecule has 0 radical (unpaired) electrons. The molecule has 18 heavy (non-hydrogen) atoms. The number of nitrogens with two attached hydrogens (primary N) is 1. The van der Waals surface area contributed by atoms with Crippen LogP contribution in [0.4, 0.5) is 13.2 Å². The van der Waals surface area contributed by atoms with Gasteiger partial charge in [-0.15, -0.1) is 0 Å². The first-order valence-corrected chi connectivity index (χ1v) is 5.21. The van der Waals surface area contributed by atoms with Gasteiger partial charge in [-0.2, -0.15) is 0 Å². The third-order valence-corrected chi connectivity index (χ3v) is 2.35. The normalized spacial score (nSPS) is 10.4. The molecular formula is C13H10F3NO. The van der Waals surface area contributed by atoms with E-state index in [0.717, 1.165) is 18.2 Å². The monoisotopic (exact) mass is 253 g/mol. The fourth-order valence-electron chi connectivity index (χ4n) is 1.43. The van der Waals surface area contributed by atoms with E-state index in [1.54, 1.807) is 6.07 Å². The molecule has 0 atom stereocenters. The summed E-state index contributed by atoms with van der Waals surface area (Å²) in [6, 6.07) is 6.78. The Balaban J connectivity index is 2.31. The van der Waals surface area contributed by atoms with E-state index >= 15 is 0 Å². The zero-order valence-corrected chi connectivity index (χ0v) is 9.29. The fraction of sp³-hybridized carbons (Fsp3) is 0.0769. The summed E-state index contributed by atoms with van der Waals surface area (Å²) < 4.78 is 44.8. The smallest absolute Gasteiger partial charge is 0.166 e. The van der Waals surface area contributed by atoms with Crippen molar-refractivity contribution in [2.75, 3.05) is 0 Å². The highest BCUT2D eigenvalue weighted by molar-refractivity contribution is 5.35. The fourth-order valence-corrected chi connectivity index (χ4v) is 1.43. The van der Waals surface area contributed by atoms with Crippen LogP contribution >= 0.6 is 0 Å². The van der Waals surface area contributed by atoms with E-state index in [4.69, 9.17) is 10.5 Å². The van der Waals surface area contributed by atoms with Crippen LogP contribution in [-0.2, 0) is 6.54 Å². The first kappa shape index (κ1) is 12.4.